The number of nitrogens with zero attached hydrogens (tertiary/aromatic N) is 1. The molecule has 0 radical (unpaired) electrons. The van der Waals surface area contributed by atoms with E-state index in [1.165, 1.54) is 41.1 Å². The maximum absolute atomic E-state index is 13.2. The van der Waals surface area contributed by atoms with Gasteiger partial charge in [0.2, 0.25) is 0 Å². The van der Waals surface area contributed by atoms with Crippen LogP contribution >= 0.6 is 0 Å². The van der Waals surface area contributed by atoms with Crippen LogP contribution in [0, 0.1) is 5.82 Å². The summed E-state index contributed by atoms with van der Waals surface area (Å²) in [5, 5.41) is 18.3. The highest BCUT2D eigenvalue weighted by molar-refractivity contribution is 6.00. The van der Waals surface area contributed by atoms with Gasteiger partial charge < -0.3 is 10.2 Å². The van der Waals surface area contributed by atoms with Crippen molar-refractivity contribution in [2.75, 3.05) is 5.43 Å². The Morgan fingerprint density at radius 3 is 2.26 bits per heavy atom. The molecule has 0 fully saturated rings. The van der Waals surface area contributed by atoms with Crippen molar-refractivity contribution in [3.05, 3.63) is 77.7 Å². The number of hydrogen-bond donors (Lipinski definition) is 3. The number of aromatic hydroxyl groups is 1. The summed E-state index contributed by atoms with van der Waals surface area (Å²) >= 11 is 0. The largest absolute Gasteiger partial charge is 0.508 e. The van der Waals surface area contributed by atoms with Crippen molar-refractivity contribution >= 4 is 11.9 Å². The van der Waals surface area contributed by atoms with Gasteiger partial charge in [0.25, 0.3) is 5.91 Å². The van der Waals surface area contributed by atoms with E-state index in [1.807, 2.05) is 0 Å². The Kier molecular flexibility index (Phi) is 5.21. The molecule has 7 heteroatoms. The van der Waals surface area contributed by atoms with Crippen molar-refractivity contribution in [2.24, 2.45) is 0 Å². The molecule has 0 aliphatic carbocycles. The van der Waals surface area contributed by atoms with Crippen LogP contribution in [0.15, 0.2) is 60.7 Å². The summed E-state index contributed by atoms with van der Waals surface area (Å²) in [4.78, 5) is 23.5. The van der Waals surface area contributed by atoms with Crippen molar-refractivity contribution in [1.29, 1.82) is 0 Å². The van der Waals surface area contributed by atoms with Crippen LogP contribution in [0.4, 0.5) is 4.39 Å². The number of benzene rings is 2. The number of aliphatic carboxylic acids is 1. The summed E-state index contributed by atoms with van der Waals surface area (Å²) in [7, 11) is 0. The lowest BCUT2D eigenvalue weighted by atomic mass is 10.1. The van der Waals surface area contributed by atoms with Crippen LogP contribution in [0.1, 0.15) is 22.5 Å². The lowest BCUT2D eigenvalue weighted by Gasteiger charge is -2.15. The molecule has 0 saturated carbocycles. The number of hydrogen-bond acceptors (Lipinski definition) is 3. The summed E-state index contributed by atoms with van der Waals surface area (Å²) in [6.45, 7) is 0. The van der Waals surface area contributed by atoms with Crippen molar-refractivity contribution in [1.82, 2.24) is 4.68 Å². The molecule has 1 heterocycles. The summed E-state index contributed by atoms with van der Waals surface area (Å²) in [5.41, 5.74) is 4.94. The molecule has 1 aromatic heterocycles. The zero-order valence-corrected chi connectivity index (χ0v) is 14.2. The standard InChI is InChI=1S/C20H17FN2O4/c21-15-5-1-13(2-6-15)18-11-7-16(8-12-19(25)26)23(18)22-20(27)14-3-9-17(24)10-4-14/h1-7,9-11,24H,8,12H2,(H,22,27)(H,25,26). The molecule has 138 valence electrons. The zero-order valence-electron chi connectivity index (χ0n) is 14.2. The fourth-order valence-electron chi connectivity index (χ4n) is 2.67. The first-order chi connectivity index (χ1) is 12.9. The highest BCUT2D eigenvalue weighted by Crippen LogP contribution is 2.23. The van der Waals surface area contributed by atoms with Gasteiger partial charge in [-0.3, -0.25) is 19.7 Å². The van der Waals surface area contributed by atoms with Crippen LogP contribution in [-0.4, -0.2) is 26.8 Å². The smallest absolute Gasteiger partial charge is 0.303 e. The van der Waals surface area contributed by atoms with Crippen molar-refractivity contribution in [3.63, 3.8) is 0 Å². The normalized spacial score (nSPS) is 10.6. The van der Waals surface area contributed by atoms with E-state index in [4.69, 9.17) is 5.11 Å². The second-order valence-corrected chi connectivity index (χ2v) is 5.93. The van der Waals surface area contributed by atoms with Crippen molar-refractivity contribution in [2.45, 2.75) is 12.8 Å². The molecular formula is C20H17FN2O4. The molecule has 1 amide bonds. The molecule has 0 bridgehead atoms. The second kappa shape index (κ2) is 7.74. The zero-order chi connectivity index (χ0) is 19.4. The molecule has 0 aliphatic rings. The molecule has 0 unspecified atom stereocenters. The Hall–Kier alpha value is -3.61. The summed E-state index contributed by atoms with van der Waals surface area (Å²) in [6, 6.07) is 15.0. The Morgan fingerprint density at radius 2 is 1.63 bits per heavy atom. The predicted molar refractivity (Wildman–Crippen MR) is 97.6 cm³/mol. The number of aromatic nitrogens is 1. The van der Waals surface area contributed by atoms with Gasteiger partial charge in [-0.2, -0.15) is 0 Å². The minimum Gasteiger partial charge on any atom is -0.508 e. The quantitative estimate of drug-likeness (QED) is 0.622. The van der Waals surface area contributed by atoms with Crippen LogP contribution < -0.4 is 5.43 Å². The predicted octanol–water partition coefficient (Wildman–Crippen LogP) is 3.40. The monoisotopic (exact) mass is 368 g/mol. The van der Waals surface area contributed by atoms with E-state index in [2.05, 4.69) is 5.43 Å². The van der Waals surface area contributed by atoms with Gasteiger partial charge in [0.15, 0.2) is 0 Å². The minimum absolute atomic E-state index is 0.0432. The third-order valence-corrected chi connectivity index (χ3v) is 4.04. The molecule has 0 spiro atoms. The van der Waals surface area contributed by atoms with Crippen molar-refractivity contribution < 1.29 is 24.2 Å². The van der Waals surface area contributed by atoms with E-state index >= 15 is 0 Å². The molecule has 3 rings (SSSR count). The number of nitrogens with one attached hydrogen (secondary N) is 1. The molecule has 27 heavy (non-hydrogen) atoms. The third-order valence-electron chi connectivity index (χ3n) is 4.04. The maximum atomic E-state index is 13.2. The van der Waals surface area contributed by atoms with Crippen LogP contribution in [-0.2, 0) is 11.2 Å². The van der Waals surface area contributed by atoms with Gasteiger partial charge in [-0.25, -0.2) is 4.39 Å². The second-order valence-electron chi connectivity index (χ2n) is 5.93. The number of aryl methyl sites for hydroxylation is 1. The summed E-state index contributed by atoms with van der Waals surface area (Å²) in [6.07, 6.45) is 0.119. The van der Waals surface area contributed by atoms with Gasteiger partial charge in [0.1, 0.15) is 11.6 Å². The average Bonchev–Trinajstić information content (AvgIpc) is 3.03. The van der Waals surface area contributed by atoms with Gasteiger partial charge in [-0.15, -0.1) is 0 Å². The van der Waals surface area contributed by atoms with Gasteiger partial charge >= 0.3 is 5.97 Å². The van der Waals surface area contributed by atoms with Crippen LogP contribution in [0.2, 0.25) is 0 Å². The molecule has 0 atom stereocenters. The number of carboxylic acid groups (broad SMARTS) is 1. The Balaban J connectivity index is 1.95. The first-order valence-electron chi connectivity index (χ1n) is 8.23. The number of carbonyl (C=O) groups excluding carboxylic acids is 1. The number of phenols is 1. The lowest BCUT2D eigenvalue weighted by molar-refractivity contribution is -0.136. The lowest BCUT2D eigenvalue weighted by Crippen LogP contribution is -2.25. The van der Waals surface area contributed by atoms with Gasteiger partial charge in [-0.1, -0.05) is 0 Å². The van der Waals surface area contributed by atoms with Crippen LogP contribution in [0.25, 0.3) is 11.3 Å². The van der Waals surface area contributed by atoms with Gasteiger partial charge in [0.05, 0.1) is 12.1 Å². The fraction of sp³-hybridized carbons (Fsp3) is 0.100. The number of halogens is 1. The molecule has 2 aromatic carbocycles. The number of amides is 1. The Morgan fingerprint density at radius 1 is 0.963 bits per heavy atom. The first kappa shape index (κ1) is 18.2. The molecule has 6 nitrogen and oxygen atoms in total. The topological polar surface area (TPSA) is 91.6 Å². The van der Waals surface area contributed by atoms with E-state index in [0.29, 0.717) is 22.5 Å². The third kappa shape index (κ3) is 4.33. The summed E-state index contributed by atoms with van der Waals surface area (Å²) < 4.78 is 14.7. The van der Waals surface area contributed by atoms with E-state index in [9.17, 15) is 19.1 Å². The first-order valence-corrected chi connectivity index (χ1v) is 8.23. The highest BCUT2D eigenvalue weighted by atomic mass is 19.1. The van der Waals surface area contributed by atoms with Gasteiger partial charge in [-0.05, 0) is 60.7 Å². The van der Waals surface area contributed by atoms with Crippen LogP contribution in [0.3, 0.4) is 0 Å². The van der Waals surface area contributed by atoms with Crippen LogP contribution in [0.5, 0.6) is 5.75 Å². The number of carbonyl (C=O) groups is 2. The molecule has 3 aromatic rings. The van der Waals surface area contributed by atoms with E-state index in [-0.39, 0.29) is 24.4 Å². The highest BCUT2D eigenvalue weighted by Gasteiger charge is 2.15. The minimum atomic E-state index is -0.948. The van der Waals surface area contributed by atoms with E-state index < -0.39 is 11.9 Å². The Bertz CT molecular complexity index is 963. The molecule has 3 N–H and O–H groups in total. The van der Waals surface area contributed by atoms with E-state index in [1.54, 1.807) is 24.3 Å². The number of phenolic OH excluding ortho intramolecular Hbond substituents is 1. The number of rotatable bonds is 6. The maximum Gasteiger partial charge on any atom is 0.303 e. The van der Waals surface area contributed by atoms with Crippen molar-refractivity contribution in [3.8, 4) is 17.0 Å². The summed E-state index contributed by atoms with van der Waals surface area (Å²) in [5.74, 6) is -1.71. The molecule has 0 aliphatic heterocycles. The van der Waals surface area contributed by atoms with Gasteiger partial charge in [0, 0.05) is 23.2 Å². The van der Waals surface area contributed by atoms with E-state index in [0.717, 1.165) is 0 Å². The average molecular weight is 368 g/mol. The molecule has 0 saturated heterocycles. The number of carboxylic acids is 1. The molecular weight excluding hydrogens is 351 g/mol. The Labute approximate surface area is 154 Å². The SMILES string of the molecule is O=C(O)CCc1ccc(-c2ccc(F)cc2)n1NC(=O)c1ccc(O)cc1. The fourth-order valence-corrected chi connectivity index (χ4v) is 2.67.